The van der Waals surface area contributed by atoms with Crippen molar-refractivity contribution < 1.29 is 9.47 Å². The van der Waals surface area contributed by atoms with Crippen molar-refractivity contribution in [1.29, 1.82) is 0 Å². The zero-order chi connectivity index (χ0) is 15.8. The summed E-state index contributed by atoms with van der Waals surface area (Å²) in [6.45, 7) is 5.98. The van der Waals surface area contributed by atoms with Gasteiger partial charge in [-0.05, 0) is 34.7 Å². The molecule has 0 fully saturated rings. The molecule has 0 spiro atoms. The highest BCUT2D eigenvalue weighted by Crippen LogP contribution is 2.58. The summed E-state index contributed by atoms with van der Waals surface area (Å²) in [5.74, 6) is 0. The van der Waals surface area contributed by atoms with Gasteiger partial charge in [0.2, 0.25) is 0 Å². The minimum atomic E-state index is -0.108. The van der Waals surface area contributed by atoms with Crippen LogP contribution in [-0.4, -0.2) is 27.4 Å². The van der Waals surface area contributed by atoms with Crippen molar-refractivity contribution in [3.8, 4) is 0 Å². The van der Waals surface area contributed by atoms with E-state index in [9.17, 15) is 0 Å². The van der Waals surface area contributed by atoms with E-state index in [0.717, 1.165) is 12.8 Å². The maximum Gasteiger partial charge on any atom is 0.0590 e. The molecule has 2 aromatic rings. The highest BCUT2D eigenvalue weighted by molar-refractivity contribution is 5.94. The average molecular weight is 298 g/mol. The molecule has 0 heterocycles. The zero-order valence-electron chi connectivity index (χ0n) is 14.1. The van der Waals surface area contributed by atoms with Crippen LogP contribution in [0.1, 0.15) is 37.8 Å². The molecule has 118 valence electrons. The van der Waals surface area contributed by atoms with E-state index < -0.39 is 0 Å². The minimum Gasteiger partial charge on any atom is -0.384 e. The predicted octanol–water partition coefficient (Wildman–Crippen LogP) is 4.44. The van der Waals surface area contributed by atoms with E-state index in [2.05, 4.69) is 50.2 Å². The van der Waals surface area contributed by atoms with E-state index in [1.165, 1.54) is 21.9 Å². The fourth-order valence-corrected chi connectivity index (χ4v) is 4.93. The lowest BCUT2D eigenvalue weighted by atomic mass is 9.59. The Hall–Kier alpha value is -1.38. The van der Waals surface area contributed by atoms with Crippen LogP contribution in [0.15, 0.2) is 36.4 Å². The van der Waals surface area contributed by atoms with E-state index in [4.69, 9.17) is 9.47 Å². The first-order valence-corrected chi connectivity index (χ1v) is 8.21. The minimum absolute atomic E-state index is 0.0716. The maximum absolute atomic E-state index is 5.72. The molecule has 0 saturated carbocycles. The van der Waals surface area contributed by atoms with Gasteiger partial charge in [0, 0.05) is 19.6 Å². The zero-order valence-corrected chi connectivity index (χ0v) is 14.1. The average Bonchev–Trinajstić information content (AvgIpc) is 2.78. The summed E-state index contributed by atoms with van der Waals surface area (Å²) in [5, 5.41) is 2.75. The monoisotopic (exact) mass is 298 g/mol. The lowest BCUT2D eigenvalue weighted by Crippen LogP contribution is -2.51. The van der Waals surface area contributed by atoms with Crippen molar-refractivity contribution in [2.45, 2.75) is 37.5 Å². The van der Waals surface area contributed by atoms with Crippen LogP contribution in [0.2, 0.25) is 0 Å². The van der Waals surface area contributed by atoms with Gasteiger partial charge in [-0.3, -0.25) is 0 Å². The largest absolute Gasteiger partial charge is 0.384 e. The Morgan fingerprint density at radius 2 is 1.27 bits per heavy atom. The number of methoxy groups -OCH3 is 2. The standard InChI is InChI=1S/C20H26O2/c1-5-19(6-2)16-11-7-9-15-10-8-12-17(18(15)16)20(19,13-21-3)14-22-4/h7-12H,5-6,13-14H2,1-4H3. The lowest BCUT2D eigenvalue weighted by molar-refractivity contribution is 0.0106. The molecule has 0 aromatic heterocycles. The Balaban J connectivity index is 2.40. The molecule has 0 unspecified atom stereocenters. The molecule has 0 bridgehead atoms. The summed E-state index contributed by atoms with van der Waals surface area (Å²) >= 11 is 0. The first-order valence-electron chi connectivity index (χ1n) is 8.21. The molecule has 1 aliphatic rings. The summed E-state index contributed by atoms with van der Waals surface area (Å²) in [6.07, 6.45) is 2.17. The molecule has 2 nitrogen and oxygen atoms in total. The predicted molar refractivity (Wildman–Crippen MR) is 91.6 cm³/mol. The van der Waals surface area contributed by atoms with E-state index in [-0.39, 0.29) is 10.8 Å². The Labute approximate surface area is 133 Å². The van der Waals surface area contributed by atoms with Crippen molar-refractivity contribution >= 4 is 10.8 Å². The van der Waals surface area contributed by atoms with Gasteiger partial charge in [0.15, 0.2) is 0 Å². The quantitative estimate of drug-likeness (QED) is 0.785. The van der Waals surface area contributed by atoms with E-state index >= 15 is 0 Å². The summed E-state index contributed by atoms with van der Waals surface area (Å²) < 4.78 is 11.4. The Morgan fingerprint density at radius 3 is 1.73 bits per heavy atom. The number of benzene rings is 2. The molecule has 0 atom stereocenters. The summed E-state index contributed by atoms with van der Waals surface area (Å²) in [4.78, 5) is 0. The van der Waals surface area contributed by atoms with Crippen LogP contribution in [0.3, 0.4) is 0 Å². The van der Waals surface area contributed by atoms with Gasteiger partial charge in [0.05, 0.1) is 18.6 Å². The van der Waals surface area contributed by atoms with Gasteiger partial charge >= 0.3 is 0 Å². The van der Waals surface area contributed by atoms with Crippen molar-refractivity contribution in [3.05, 3.63) is 47.5 Å². The third-order valence-corrected chi connectivity index (χ3v) is 5.84. The Bertz CT molecular complexity index is 659. The van der Waals surface area contributed by atoms with E-state index in [1.807, 2.05) is 0 Å². The smallest absolute Gasteiger partial charge is 0.0590 e. The van der Waals surface area contributed by atoms with Gasteiger partial charge in [0.1, 0.15) is 0 Å². The third-order valence-electron chi connectivity index (χ3n) is 5.84. The second-order valence-corrected chi connectivity index (χ2v) is 6.45. The fourth-order valence-electron chi connectivity index (χ4n) is 4.93. The van der Waals surface area contributed by atoms with Crippen LogP contribution in [0.5, 0.6) is 0 Å². The molecule has 22 heavy (non-hydrogen) atoms. The van der Waals surface area contributed by atoms with Gasteiger partial charge in [-0.2, -0.15) is 0 Å². The molecule has 0 N–H and O–H groups in total. The van der Waals surface area contributed by atoms with Crippen molar-refractivity contribution in [2.75, 3.05) is 27.4 Å². The maximum atomic E-state index is 5.72. The molecule has 3 rings (SSSR count). The molecule has 0 radical (unpaired) electrons. The van der Waals surface area contributed by atoms with E-state index in [1.54, 1.807) is 14.2 Å². The van der Waals surface area contributed by atoms with Crippen molar-refractivity contribution in [3.63, 3.8) is 0 Å². The number of hydrogen-bond donors (Lipinski definition) is 0. The van der Waals surface area contributed by atoms with Crippen LogP contribution >= 0.6 is 0 Å². The molecule has 2 aromatic carbocycles. The van der Waals surface area contributed by atoms with Gasteiger partial charge in [-0.25, -0.2) is 0 Å². The lowest BCUT2D eigenvalue weighted by Gasteiger charge is -2.46. The van der Waals surface area contributed by atoms with Gasteiger partial charge < -0.3 is 9.47 Å². The molecule has 0 amide bonds. The van der Waals surface area contributed by atoms with Gasteiger partial charge in [-0.15, -0.1) is 0 Å². The number of rotatable bonds is 6. The Kier molecular flexibility index (Phi) is 4.00. The molecule has 0 aliphatic heterocycles. The first-order chi connectivity index (χ1) is 10.7. The van der Waals surface area contributed by atoms with E-state index in [0.29, 0.717) is 13.2 Å². The molecule has 0 saturated heterocycles. The SMILES string of the molecule is CCC1(CC)c2cccc3cccc(c23)C1(COC)COC. The van der Waals surface area contributed by atoms with Crippen molar-refractivity contribution in [2.24, 2.45) is 0 Å². The normalized spacial score (nSPS) is 18.0. The summed E-state index contributed by atoms with van der Waals surface area (Å²) in [6, 6.07) is 13.4. The van der Waals surface area contributed by atoms with Crippen LogP contribution in [0.25, 0.3) is 10.8 Å². The summed E-state index contributed by atoms with van der Waals surface area (Å²) in [5.41, 5.74) is 2.83. The Morgan fingerprint density at radius 1 is 0.773 bits per heavy atom. The second-order valence-electron chi connectivity index (χ2n) is 6.45. The van der Waals surface area contributed by atoms with Crippen molar-refractivity contribution in [1.82, 2.24) is 0 Å². The van der Waals surface area contributed by atoms with Crippen LogP contribution in [-0.2, 0) is 20.3 Å². The number of hydrogen-bond acceptors (Lipinski definition) is 2. The highest BCUT2D eigenvalue weighted by Gasteiger charge is 2.56. The van der Waals surface area contributed by atoms with Gasteiger partial charge in [-0.1, -0.05) is 50.2 Å². The topological polar surface area (TPSA) is 18.5 Å². The molecule has 2 heteroatoms. The van der Waals surface area contributed by atoms with Gasteiger partial charge in [0.25, 0.3) is 0 Å². The highest BCUT2D eigenvalue weighted by atomic mass is 16.5. The third kappa shape index (κ3) is 1.74. The second kappa shape index (κ2) is 5.68. The molecule has 1 aliphatic carbocycles. The molecular formula is C20H26O2. The number of ether oxygens (including phenoxy) is 2. The first kappa shape index (κ1) is 15.5. The molecular weight excluding hydrogens is 272 g/mol. The van der Waals surface area contributed by atoms with Crippen LogP contribution < -0.4 is 0 Å². The van der Waals surface area contributed by atoms with Crippen LogP contribution in [0, 0.1) is 0 Å². The fraction of sp³-hybridized carbons (Fsp3) is 0.500. The van der Waals surface area contributed by atoms with Crippen LogP contribution in [0.4, 0.5) is 0 Å². The summed E-state index contributed by atoms with van der Waals surface area (Å²) in [7, 11) is 3.60.